The molecule has 1 amide bonds. The molecule has 6 nitrogen and oxygen atoms in total. The van der Waals surface area contributed by atoms with Gasteiger partial charge in [-0.25, -0.2) is 4.79 Å². The van der Waals surface area contributed by atoms with Crippen molar-refractivity contribution >= 4 is 52.5 Å². The Kier molecular flexibility index (Phi) is 5.33. The van der Waals surface area contributed by atoms with Crippen molar-refractivity contribution in [3.8, 4) is 11.3 Å². The molecule has 1 aliphatic rings. The highest BCUT2D eigenvalue weighted by Gasteiger charge is 2.22. The van der Waals surface area contributed by atoms with Crippen molar-refractivity contribution < 1.29 is 14.2 Å². The van der Waals surface area contributed by atoms with Crippen LogP contribution in [0.4, 0.5) is 10.5 Å². The Morgan fingerprint density at radius 1 is 1.42 bits per heavy atom. The molecule has 1 aromatic heterocycles. The molecule has 9 heteroatoms. The topological polar surface area (TPSA) is 76.7 Å². The molecular weight excluding hydrogens is 373 g/mol. The number of hydrogen-bond acceptors (Lipinski definition) is 6. The molecule has 2 heterocycles. The number of nitrogens with one attached hydrogen (secondary N) is 1. The van der Waals surface area contributed by atoms with E-state index in [2.05, 4.69) is 15.6 Å². The van der Waals surface area contributed by atoms with E-state index in [0.29, 0.717) is 32.8 Å². The van der Waals surface area contributed by atoms with Crippen molar-refractivity contribution in [2.45, 2.75) is 13.3 Å². The summed E-state index contributed by atoms with van der Waals surface area (Å²) in [4.78, 5) is 16.9. The second-order valence-electron chi connectivity index (χ2n) is 5.02. The molecule has 24 heavy (non-hydrogen) atoms. The van der Waals surface area contributed by atoms with E-state index in [1.54, 1.807) is 36.9 Å². The molecule has 1 fully saturated rings. The lowest BCUT2D eigenvalue weighted by molar-refractivity contribution is 0.166. The summed E-state index contributed by atoms with van der Waals surface area (Å²) in [6.45, 7) is 1.66. The zero-order valence-corrected chi connectivity index (χ0v) is 15.0. The number of anilines is 1. The highest BCUT2D eigenvalue weighted by molar-refractivity contribution is 8.00. The Hall–Kier alpha value is -1.70. The highest BCUT2D eigenvalue weighted by Crippen LogP contribution is 2.39. The van der Waals surface area contributed by atoms with E-state index >= 15 is 0 Å². The molecule has 0 aliphatic carbocycles. The van der Waals surface area contributed by atoms with Crippen LogP contribution in [0.1, 0.15) is 12.2 Å². The number of benzene rings is 1. The number of rotatable bonds is 3. The average Bonchev–Trinajstić information content (AvgIpc) is 3.17. The fourth-order valence-corrected chi connectivity index (χ4v) is 3.70. The molecule has 1 N–H and O–H groups in total. The number of carbonyl (C=O) groups is 1. The van der Waals surface area contributed by atoms with Crippen LogP contribution in [-0.2, 0) is 4.84 Å². The first-order chi connectivity index (χ1) is 11.6. The average molecular weight is 386 g/mol. The fraction of sp³-hybridized carbons (Fsp3) is 0.267. The first kappa shape index (κ1) is 17.1. The van der Waals surface area contributed by atoms with E-state index in [4.69, 9.17) is 32.6 Å². The van der Waals surface area contributed by atoms with Crippen molar-refractivity contribution in [2.75, 3.05) is 16.8 Å². The lowest BCUT2D eigenvalue weighted by Gasteiger charge is -2.07. The van der Waals surface area contributed by atoms with Crippen LogP contribution < -0.4 is 5.32 Å². The largest absolute Gasteiger partial charge is 0.438 e. The Morgan fingerprint density at radius 3 is 2.83 bits per heavy atom. The molecule has 0 spiro atoms. The number of hydrogen-bond donors (Lipinski definition) is 1. The first-order valence-electron chi connectivity index (χ1n) is 7.08. The van der Waals surface area contributed by atoms with Crippen LogP contribution in [0.3, 0.4) is 0 Å². The number of carbonyl (C=O) groups excluding carboxylic acids is 1. The van der Waals surface area contributed by atoms with E-state index in [1.807, 2.05) is 0 Å². The maximum Gasteiger partial charge on any atom is 0.438 e. The third-order valence-corrected chi connectivity index (χ3v) is 5.01. The van der Waals surface area contributed by atoms with Crippen molar-refractivity contribution in [1.29, 1.82) is 0 Å². The van der Waals surface area contributed by atoms with Gasteiger partial charge in [0.25, 0.3) is 0 Å². The third kappa shape index (κ3) is 3.68. The molecule has 2 aromatic rings. The second-order valence-corrected chi connectivity index (χ2v) is 6.94. The third-order valence-electron chi connectivity index (χ3n) is 3.35. The second kappa shape index (κ2) is 7.46. The quantitative estimate of drug-likeness (QED) is 0.594. The predicted molar refractivity (Wildman–Crippen MR) is 96.2 cm³/mol. The van der Waals surface area contributed by atoms with Gasteiger partial charge in [-0.1, -0.05) is 39.6 Å². The normalized spacial score (nSPS) is 15.7. The van der Waals surface area contributed by atoms with Crippen LogP contribution in [0, 0.1) is 6.92 Å². The summed E-state index contributed by atoms with van der Waals surface area (Å²) >= 11 is 14.1. The minimum absolute atomic E-state index is 0.337. The maximum atomic E-state index is 12.0. The van der Waals surface area contributed by atoms with E-state index < -0.39 is 6.09 Å². The predicted octanol–water partition coefficient (Wildman–Crippen LogP) is 5.00. The number of halogens is 2. The number of thioether (sulfide) groups is 1. The van der Waals surface area contributed by atoms with Gasteiger partial charge in [-0.15, -0.1) is 0 Å². The summed E-state index contributed by atoms with van der Waals surface area (Å²) in [7, 11) is 0. The molecule has 0 atom stereocenters. The highest BCUT2D eigenvalue weighted by atomic mass is 35.5. The molecule has 0 radical (unpaired) electrons. The zero-order chi connectivity index (χ0) is 17.1. The minimum atomic E-state index is -0.727. The van der Waals surface area contributed by atoms with E-state index in [9.17, 15) is 4.79 Å². The molecule has 3 rings (SSSR count). The molecule has 1 saturated heterocycles. The van der Waals surface area contributed by atoms with Crippen LogP contribution >= 0.6 is 35.0 Å². The summed E-state index contributed by atoms with van der Waals surface area (Å²) < 4.78 is 5.16. The number of aryl methyl sites for hydroxylation is 1. The van der Waals surface area contributed by atoms with Gasteiger partial charge in [-0.2, -0.15) is 11.8 Å². The van der Waals surface area contributed by atoms with Crippen molar-refractivity contribution in [3.05, 3.63) is 34.0 Å². The SMILES string of the molecule is Cc1onc(-c2c(Cl)cccc2Cl)c1NC(=O)O/N=C1/CCSC1. The number of aromatic nitrogens is 1. The standard InChI is InChI=1S/C15H13Cl2N3O3S/c1-8-13(18-15(21)23-19-9-5-6-24-7-9)14(20-22-8)12-10(16)3-2-4-11(12)17/h2-4H,5-7H2,1H3,(H,18,21)/b19-9-. The Morgan fingerprint density at radius 2 is 2.17 bits per heavy atom. The summed E-state index contributed by atoms with van der Waals surface area (Å²) in [5.41, 5.74) is 2.01. The van der Waals surface area contributed by atoms with Crippen molar-refractivity contribution in [2.24, 2.45) is 5.16 Å². The molecule has 0 unspecified atom stereocenters. The van der Waals surface area contributed by atoms with Gasteiger partial charge in [0.05, 0.1) is 15.8 Å². The molecule has 1 aliphatic heterocycles. The van der Waals surface area contributed by atoms with Crippen LogP contribution in [0.15, 0.2) is 27.9 Å². The van der Waals surface area contributed by atoms with Crippen LogP contribution in [0.2, 0.25) is 10.0 Å². The smallest absolute Gasteiger partial charge is 0.359 e. The Labute approximate surface area is 152 Å². The summed E-state index contributed by atoms with van der Waals surface area (Å²) in [6, 6.07) is 5.08. The number of amides is 1. The van der Waals surface area contributed by atoms with Crippen LogP contribution in [0.5, 0.6) is 0 Å². The van der Waals surface area contributed by atoms with Gasteiger partial charge in [0.15, 0.2) is 5.76 Å². The first-order valence-corrected chi connectivity index (χ1v) is 8.99. The monoisotopic (exact) mass is 385 g/mol. The molecule has 0 bridgehead atoms. The summed E-state index contributed by atoms with van der Waals surface area (Å²) in [6.07, 6.45) is 0.0974. The summed E-state index contributed by atoms with van der Waals surface area (Å²) in [5.74, 6) is 2.17. The van der Waals surface area contributed by atoms with E-state index in [0.717, 1.165) is 23.6 Å². The van der Waals surface area contributed by atoms with Gasteiger partial charge < -0.3 is 4.52 Å². The van der Waals surface area contributed by atoms with E-state index in [-0.39, 0.29) is 0 Å². The van der Waals surface area contributed by atoms with Gasteiger partial charge in [-0.3, -0.25) is 10.2 Å². The Balaban J connectivity index is 1.83. The van der Waals surface area contributed by atoms with Gasteiger partial charge in [0.1, 0.15) is 11.4 Å². The van der Waals surface area contributed by atoms with Gasteiger partial charge in [0, 0.05) is 11.3 Å². The van der Waals surface area contributed by atoms with Crippen molar-refractivity contribution in [1.82, 2.24) is 5.16 Å². The van der Waals surface area contributed by atoms with Crippen LogP contribution in [0.25, 0.3) is 11.3 Å². The van der Waals surface area contributed by atoms with Crippen molar-refractivity contribution in [3.63, 3.8) is 0 Å². The van der Waals surface area contributed by atoms with Crippen LogP contribution in [-0.4, -0.2) is 28.5 Å². The number of oxime groups is 1. The number of nitrogens with zero attached hydrogens (tertiary/aromatic N) is 2. The van der Waals surface area contributed by atoms with Gasteiger partial charge in [0.2, 0.25) is 0 Å². The molecule has 0 saturated carbocycles. The zero-order valence-electron chi connectivity index (χ0n) is 12.6. The Bertz CT molecular complexity index is 779. The van der Waals surface area contributed by atoms with Gasteiger partial charge >= 0.3 is 6.09 Å². The minimum Gasteiger partial charge on any atom is -0.359 e. The van der Waals surface area contributed by atoms with E-state index in [1.165, 1.54) is 0 Å². The lowest BCUT2D eigenvalue weighted by atomic mass is 10.1. The summed E-state index contributed by atoms with van der Waals surface area (Å²) in [5, 5.41) is 11.2. The molecule has 1 aromatic carbocycles. The molecule has 126 valence electrons. The maximum absolute atomic E-state index is 12.0. The molecular formula is C15H13Cl2N3O3S. The lowest BCUT2D eigenvalue weighted by Crippen LogP contribution is -2.13. The fourth-order valence-electron chi connectivity index (χ4n) is 2.17. The van der Waals surface area contributed by atoms with Gasteiger partial charge in [-0.05, 0) is 31.2 Å².